The maximum atomic E-state index is 12.2. The Balaban J connectivity index is 1.64. The third kappa shape index (κ3) is 4.06. The smallest absolute Gasteiger partial charge is 0.361 e. The number of benzene rings is 1. The topological polar surface area (TPSA) is 112 Å². The Kier molecular flexibility index (Phi) is 4.99. The van der Waals surface area contributed by atoms with Crippen LogP contribution in [0.25, 0.3) is 5.69 Å². The van der Waals surface area contributed by atoms with Gasteiger partial charge in [0.1, 0.15) is 5.76 Å². The quantitative estimate of drug-likeness (QED) is 0.681. The molecule has 1 N–H and O–H groups in total. The van der Waals surface area contributed by atoms with E-state index in [9.17, 15) is 9.59 Å². The van der Waals surface area contributed by atoms with Crippen LogP contribution in [-0.2, 0) is 9.53 Å². The zero-order chi connectivity index (χ0) is 18.7. The molecule has 0 unspecified atom stereocenters. The van der Waals surface area contributed by atoms with Gasteiger partial charge in [0.15, 0.2) is 18.1 Å². The minimum atomic E-state index is -0.762. The lowest BCUT2D eigenvalue weighted by Crippen LogP contribution is -2.21. The number of anilines is 1. The molecule has 10 heteroatoms. The van der Waals surface area contributed by atoms with Gasteiger partial charge in [0, 0.05) is 11.1 Å². The normalized spacial score (nSPS) is 10.6. The number of aromatic nitrogens is 4. The molecule has 26 heavy (non-hydrogen) atoms. The van der Waals surface area contributed by atoms with Crippen LogP contribution in [0.1, 0.15) is 21.9 Å². The second-order valence-electron chi connectivity index (χ2n) is 5.35. The first-order valence-electron chi connectivity index (χ1n) is 7.52. The maximum absolute atomic E-state index is 12.2. The lowest BCUT2D eigenvalue weighted by atomic mass is 10.3. The first-order chi connectivity index (χ1) is 12.4. The highest BCUT2D eigenvalue weighted by Crippen LogP contribution is 2.15. The highest BCUT2D eigenvalue weighted by Gasteiger charge is 2.19. The minimum absolute atomic E-state index is 0.00931. The van der Waals surface area contributed by atoms with Crippen molar-refractivity contribution in [2.75, 3.05) is 11.9 Å². The van der Waals surface area contributed by atoms with Gasteiger partial charge in [0.25, 0.3) is 5.91 Å². The molecule has 0 aliphatic rings. The number of carbonyl (C=O) groups is 2. The zero-order valence-corrected chi connectivity index (χ0v) is 14.6. The maximum Gasteiger partial charge on any atom is 0.361 e. The van der Waals surface area contributed by atoms with E-state index in [1.807, 2.05) is 0 Å². The van der Waals surface area contributed by atoms with Crippen molar-refractivity contribution >= 4 is 29.3 Å². The van der Waals surface area contributed by atoms with Crippen LogP contribution in [-0.4, -0.2) is 38.6 Å². The molecule has 134 valence electrons. The van der Waals surface area contributed by atoms with Crippen LogP contribution < -0.4 is 5.32 Å². The van der Waals surface area contributed by atoms with Crippen molar-refractivity contribution in [1.29, 1.82) is 0 Å². The van der Waals surface area contributed by atoms with Crippen LogP contribution in [0.4, 0.5) is 5.82 Å². The largest absolute Gasteiger partial charge is 0.451 e. The molecule has 0 radical (unpaired) electrons. The second kappa shape index (κ2) is 7.36. The van der Waals surface area contributed by atoms with Crippen LogP contribution in [0.3, 0.4) is 0 Å². The summed E-state index contributed by atoms with van der Waals surface area (Å²) in [6.45, 7) is 2.81. The van der Waals surface area contributed by atoms with Gasteiger partial charge in [0.2, 0.25) is 0 Å². The number of aryl methyl sites for hydroxylation is 2. The van der Waals surface area contributed by atoms with Crippen LogP contribution in [0, 0.1) is 13.8 Å². The Bertz CT molecular complexity index is 965. The summed E-state index contributed by atoms with van der Waals surface area (Å²) < 4.78 is 9.80. The first kappa shape index (κ1) is 17.6. The van der Waals surface area contributed by atoms with Crippen LogP contribution in [0.2, 0.25) is 5.02 Å². The molecular formula is C16H14ClN5O4. The number of nitrogens with zero attached hydrogens (tertiary/aromatic N) is 4. The summed E-state index contributed by atoms with van der Waals surface area (Å²) in [5.74, 6) is -0.522. The Morgan fingerprint density at radius 3 is 2.77 bits per heavy atom. The first-order valence-corrected chi connectivity index (χ1v) is 7.90. The fourth-order valence-electron chi connectivity index (χ4n) is 2.09. The predicted octanol–water partition coefficient (Wildman–Crippen LogP) is 2.32. The van der Waals surface area contributed by atoms with E-state index in [-0.39, 0.29) is 11.5 Å². The predicted molar refractivity (Wildman–Crippen MR) is 91.3 cm³/mol. The molecule has 1 aromatic carbocycles. The van der Waals surface area contributed by atoms with Gasteiger partial charge in [-0.05, 0) is 32.0 Å². The van der Waals surface area contributed by atoms with E-state index >= 15 is 0 Å². The molecule has 0 bridgehead atoms. The number of esters is 1. The number of halogens is 1. The summed E-state index contributed by atoms with van der Waals surface area (Å²) in [6, 6.07) is 8.40. The molecule has 0 aliphatic heterocycles. The third-order valence-corrected chi connectivity index (χ3v) is 3.48. The molecule has 3 aromatic rings. The highest BCUT2D eigenvalue weighted by atomic mass is 35.5. The molecule has 0 fully saturated rings. The fraction of sp³-hybridized carbons (Fsp3) is 0.188. The summed E-state index contributed by atoms with van der Waals surface area (Å²) in [5.41, 5.74) is 0.969. The summed E-state index contributed by atoms with van der Waals surface area (Å²) >= 11 is 5.94. The van der Waals surface area contributed by atoms with Crippen molar-refractivity contribution in [2.45, 2.75) is 13.8 Å². The fourth-order valence-corrected chi connectivity index (χ4v) is 2.27. The van der Waals surface area contributed by atoms with E-state index in [1.165, 1.54) is 4.80 Å². The van der Waals surface area contributed by atoms with E-state index in [0.29, 0.717) is 22.2 Å². The lowest BCUT2D eigenvalue weighted by molar-refractivity contribution is -0.119. The molecule has 9 nitrogen and oxygen atoms in total. The standard InChI is InChI=1S/C16H14ClN5O4/c1-9-6-13(21-26-9)18-14(23)8-25-16(24)15-10(2)19-22(20-15)12-5-3-4-11(17)7-12/h3-7H,8H2,1-2H3,(H,18,21,23). The third-order valence-electron chi connectivity index (χ3n) is 3.24. The number of nitrogens with one attached hydrogen (secondary N) is 1. The molecule has 2 heterocycles. The van der Waals surface area contributed by atoms with Gasteiger partial charge in [-0.1, -0.05) is 22.8 Å². The SMILES string of the molecule is Cc1cc(NC(=O)COC(=O)c2nn(-c3cccc(Cl)c3)nc2C)no1. The number of rotatable bonds is 5. The van der Waals surface area contributed by atoms with Crippen LogP contribution in [0.15, 0.2) is 34.9 Å². The van der Waals surface area contributed by atoms with Crippen molar-refractivity contribution in [2.24, 2.45) is 0 Å². The van der Waals surface area contributed by atoms with Gasteiger partial charge in [-0.3, -0.25) is 4.79 Å². The molecule has 0 atom stereocenters. The van der Waals surface area contributed by atoms with Crippen molar-refractivity contribution in [3.8, 4) is 5.69 Å². The van der Waals surface area contributed by atoms with Gasteiger partial charge >= 0.3 is 5.97 Å². The molecular weight excluding hydrogens is 362 g/mol. The molecule has 0 spiro atoms. The summed E-state index contributed by atoms with van der Waals surface area (Å²) in [7, 11) is 0. The Morgan fingerprint density at radius 1 is 1.27 bits per heavy atom. The molecule has 1 amide bonds. The highest BCUT2D eigenvalue weighted by molar-refractivity contribution is 6.30. The Labute approximate surface area is 152 Å². The molecule has 0 saturated carbocycles. The lowest BCUT2D eigenvalue weighted by Gasteiger charge is -2.03. The van der Waals surface area contributed by atoms with Gasteiger partial charge in [-0.25, -0.2) is 4.79 Å². The molecule has 3 rings (SSSR count). The van der Waals surface area contributed by atoms with E-state index in [4.69, 9.17) is 20.9 Å². The summed E-state index contributed by atoms with van der Waals surface area (Å²) in [4.78, 5) is 25.2. The Hall–Kier alpha value is -3.20. The van der Waals surface area contributed by atoms with Crippen LogP contribution in [0.5, 0.6) is 0 Å². The monoisotopic (exact) mass is 375 g/mol. The summed E-state index contributed by atoms with van der Waals surface area (Å²) in [5, 5.41) is 14.8. The number of hydrogen-bond acceptors (Lipinski definition) is 7. The minimum Gasteiger partial charge on any atom is -0.451 e. The number of hydrogen-bond donors (Lipinski definition) is 1. The number of carbonyl (C=O) groups excluding carboxylic acids is 2. The van der Waals surface area contributed by atoms with Gasteiger partial charge in [-0.15, -0.1) is 5.10 Å². The van der Waals surface area contributed by atoms with E-state index in [1.54, 1.807) is 44.2 Å². The van der Waals surface area contributed by atoms with Crippen molar-refractivity contribution < 1.29 is 18.8 Å². The van der Waals surface area contributed by atoms with Gasteiger partial charge in [0.05, 0.1) is 11.4 Å². The second-order valence-corrected chi connectivity index (χ2v) is 5.79. The van der Waals surface area contributed by atoms with E-state index < -0.39 is 18.5 Å². The average molecular weight is 376 g/mol. The average Bonchev–Trinajstić information content (AvgIpc) is 3.18. The van der Waals surface area contributed by atoms with E-state index in [0.717, 1.165) is 0 Å². The zero-order valence-electron chi connectivity index (χ0n) is 13.9. The number of ether oxygens (including phenoxy) is 1. The number of amides is 1. The molecule has 0 aliphatic carbocycles. The van der Waals surface area contributed by atoms with Gasteiger partial charge in [-0.2, -0.15) is 9.90 Å². The van der Waals surface area contributed by atoms with Crippen molar-refractivity contribution in [3.63, 3.8) is 0 Å². The van der Waals surface area contributed by atoms with Gasteiger partial charge < -0.3 is 14.6 Å². The molecule has 2 aromatic heterocycles. The van der Waals surface area contributed by atoms with Crippen molar-refractivity contribution in [3.05, 3.63) is 52.5 Å². The van der Waals surface area contributed by atoms with Crippen molar-refractivity contribution in [1.82, 2.24) is 20.2 Å². The molecule has 0 saturated heterocycles. The Morgan fingerprint density at radius 2 is 2.08 bits per heavy atom. The van der Waals surface area contributed by atoms with E-state index in [2.05, 4.69) is 20.7 Å². The van der Waals surface area contributed by atoms with Crippen LogP contribution >= 0.6 is 11.6 Å². The summed E-state index contributed by atoms with van der Waals surface area (Å²) in [6.07, 6.45) is 0.